The third-order valence-corrected chi connectivity index (χ3v) is 1.73. The molecule has 0 saturated heterocycles. The van der Waals surface area contributed by atoms with Crippen LogP contribution >= 0.6 is 0 Å². The molecule has 0 aromatic heterocycles. The van der Waals surface area contributed by atoms with Gasteiger partial charge in [0, 0.05) is 13.3 Å². The van der Waals surface area contributed by atoms with Crippen LogP contribution in [0.15, 0.2) is 0 Å². The van der Waals surface area contributed by atoms with E-state index < -0.39 is 0 Å². The topological polar surface area (TPSA) is 44.7 Å². The summed E-state index contributed by atoms with van der Waals surface area (Å²) in [6.07, 6.45) is 4.54. The van der Waals surface area contributed by atoms with Crippen molar-refractivity contribution in [3.8, 4) is 0 Å². The fourth-order valence-corrected chi connectivity index (χ4v) is 0.844. The van der Waals surface area contributed by atoms with Gasteiger partial charge in [-0.05, 0) is 6.42 Å². The zero-order valence-electron chi connectivity index (χ0n) is 7.02. The molecular weight excluding hydrogens is 126 g/mol. The minimum absolute atomic E-state index is 0.0338. The molecule has 0 aliphatic carbocycles. The van der Waals surface area contributed by atoms with Crippen LogP contribution in [-0.4, -0.2) is 11.8 Å². The number of quaternary nitrogens is 1. The van der Waals surface area contributed by atoms with Gasteiger partial charge in [-0.25, -0.2) is 0 Å². The Bertz CT molecular complexity index is 101. The Morgan fingerprint density at radius 2 is 2.10 bits per heavy atom. The molecular formula is C8H18NO+. The average Bonchev–Trinajstić information content (AvgIpc) is 1.88. The van der Waals surface area contributed by atoms with Crippen molar-refractivity contribution in [2.24, 2.45) is 0 Å². The van der Waals surface area contributed by atoms with E-state index >= 15 is 0 Å². The smallest absolute Gasteiger partial charge is 0.186 e. The van der Waals surface area contributed by atoms with Gasteiger partial charge in [-0.15, -0.1) is 0 Å². The van der Waals surface area contributed by atoms with Crippen molar-refractivity contribution in [1.82, 2.24) is 0 Å². The van der Waals surface area contributed by atoms with Crippen LogP contribution in [0, 0.1) is 0 Å². The molecule has 0 bridgehead atoms. The van der Waals surface area contributed by atoms with Gasteiger partial charge in [0.2, 0.25) is 0 Å². The number of carbonyl (C=O) groups is 1. The molecule has 0 spiro atoms. The number of carbonyl (C=O) groups excluding carboxylic acids is 1. The summed E-state index contributed by atoms with van der Waals surface area (Å²) in [5, 5.41) is 0. The maximum absolute atomic E-state index is 10.7. The molecule has 0 aliphatic heterocycles. The van der Waals surface area contributed by atoms with Crippen molar-refractivity contribution in [3.05, 3.63) is 0 Å². The van der Waals surface area contributed by atoms with Gasteiger partial charge in [0.15, 0.2) is 5.78 Å². The van der Waals surface area contributed by atoms with Crippen molar-refractivity contribution in [1.29, 1.82) is 0 Å². The zero-order valence-corrected chi connectivity index (χ0v) is 7.02. The maximum atomic E-state index is 10.7. The average molecular weight is 144 g/mol. The number of Topliss-reactive ketones (excluding diaryl/α,β-unsaturated/α-hetero) is 1. The molecule has 10 heavy (non-hydrogen) atoms. The normalized spacial score (nSPS) is 13.1. The molecule has 0 radical (unpaired) electrons. The molecule has 3 N–H and O–H groups in total. The second-order valence-corrected chi connectivity index (χ2v) is 2.80. The summed E-state index contributed by atoms with van der Waals surface area (Å²) >= 11 is 0. The van der Waals surface area contributed by atoms with Crippen molar-refractivity contribution < 1.29 is 10.5 Å². The highest BCUT2D eigenvalue weighted by molar-refractivity contribution is 5.79. The minimum Gasteiger partial charge on any atom is -0.349 e. The molecule has 0 rings (SSSR count). The van der Waals surface area contributed by atoms with Crippen LogP contribution in [0.3, 0.4) is 0 Å². The lowest BCUT2D eigenvalue weighted by molar-refractivity contribution is -0.404. The Morgan fingerprint density at radius 1 is 1.50 bits per heavy atom. The lowest BCUT2D eigenvalue weighted by Crippen LogP contribution is -2.64. The van der Waals surface area contributed by atoms with Crippen LogP contribution < -0.4 is 5.73 Å². The van der Waals surface area contributed by atoms with Gasteiger partial charge in [-0.3, -0.25) is 4.79 Å². The van der Waals surface area contributed by atoms with E-state index in [4.69, 9.17) is 0 Å². The van der Waals surface area contributed by atoms with Crippen LogP contribution in [0.25, 0.3) is 0 Å². The lowest BCUT2D eigenvalue weighted by atomic mass is 10.1. The summed E-state index contributed by atoms with van der Waals surface area (Å²) in [5.74, 6) is 0.219. The van der Waals surface area contributed by atoms with Crippen molar-refractivity contribution >= 4 is 5.78 Å². The highest BCUT2D eigenvalue weighted by Crippen LogP contribution is 2.00. The number of rotatable bonds is 5. The molecule has 0 aromatic rings. The number of unbranched alkanes of at least 4 members (excludes halogenated alkanes) is 2. The Kier molecular flexibility index (Phi) is 5.22. The second kappa shape index (κ2) is 5.42. The van der Waals surface area contributed by atoms with E-state index in [1.807, 2.05) is 0 Å². The van der Waals surface area contributed by atoms with Gasteiger partial charge in [-0.1, -0.05) is 19.8 Å². The minimum atomic E-state index is 0.0338. The summed E-state index contributed by atoms with van der Waals surface area (Å²) in [4.78, 5) is 10.7. The highest BCUT2D eigenvalue weighted by atomic mass is 16.1. The maximum Gasteiger partial charge on any atom is 0.186 e. The van der Waals surface area contributed by atoms with Gasteiger partial charge in [0.1, 0.15) is 6.04 Å². The first-order chi connectivity index (χ1) is 4.68. The number of hydrogen-bond donors (Lipinski definition) is 1. The highest BCUT2D eigenvalue weighted by Gasteiger charge is 2.09. The summed E-state index contributed by atoms with van der Waals surface area (Å²) in [5.41, 5.74) is 3.76. The number of ketones is 1. The molecule has 1 atom stereocenters. The molecule has 0 heterocycles. The van der Waals surface area contributed by atoms with Crippen LogP contribution in [0.5, 0.6) is 0 Å². The summed E-state index contributed by atoms with van der Waals surface area (Å²) < 4.78 is 0. The third kappa shape index (κ3) is 4.50. The summed E-state index contributed by atoms with van der Waals surface area (Å²) in [6, 6.07) is 0.0338. The van der Waals surface area contributed by atoms with Gasteiger partial charge in [-0.2, -0.15) is 0 Å². The second-order valence-electron chi connectivity index (χ2n) is 2.80. The Hall–Kier alpha value is -0.370. The van der Waals surface area contributed by atoms with Gasteiger partial charge in [0.05, 0.1) is 0 Å². The van der Waals surface area contributed by atoms with E-state index in [0.717, 1.165) is 12.8 Å². The molecule has 0 aliphatic rings. The SMILES string of the molecule is CCCCCC([NH3+])C(C)=O. The van der Waals surface area contributed by atoms with Crippen LogP contribution in [0.2, 0.25) is 0 Å². The molecule has 2 nitrogen and oxygen atoms in total. The molecule has 60 valence electrons. The Labute approximate surface area is 62.8 Å². The largest absolute Gasteiger partial charge is 0.349 e. The van der Waals surface area contributed by atoms with E-state index in [9.17, 15) is 4.79 Å². The third-order valence-electron chi connectivity index (χ3n) is 1.73. The predicted molar refractivity (Wildman–Crippen MR) is 41.5 cm³/mol. The van der Waals surface area contributed by atoms with E-state index in [1.54, 1.807) is 6.92 Å². The fourth-order valence-electron chi connectivity index (χ4n) is 0.844. The fraction of sp³-hybridized carbons (Fsp3) is 0.875. The van der Waals surface area contributed by atoms with Crippen molar-refractivity contribution in [3.63, 3.8) is 0 Å². The monoisotopic (exact) mass is 144 g/mol. The Morgan fingerprint density at radius 3 is 2.50 bits per heavy atom. The van der Waals surface area contributed by atoms with E-state index in [-0.39, 0.29) is 11.8 Å². The molecule has 2 heteroatoms. The first-order valence-electron chi connectivity index (χ1n) is 4.02. The molecule has 0 fully saturated rings. The first kappa shape index (κ1) is 9.63. The van der Waals surface area contributed by atoms with Crippen molar-refractivity contribution in [2.75, 3.05) is 0 Å². The van der Waals surface area contributed by atoms with Gasteiger partial charge in [0.25, 0.3) is 0 Å². The van der Waals surface area contributed by atoms with Crippen LogP contribution in [0.1, 0.15) is 39.5 Å². The molecule has 0 saturated carbocycles. The quantitative estimate of drug-likeness (QED) is 0.569. The lowest BCUT2D eigenvalue weighted by Gasteiger charge is -2.01. The predicted octanol–water partition coefficient (Wildman–Crippen LogP) is 0.766. The van der Waals surface area contributed by atoms with Gasteiger partial charge < -0.3 is 5.73 Å². The van der Waals surface area contributed by atoms with Crippen LogP contribution in [-0.2, 0) is 4.79 Å². The van der Waals surface area contributed by atoms with Gasteiger partial charge >= 0.3 is 0 Å². The summed E-state index contributed by atoms with van der Waals surface area (Å²) in [6.45, 7) is 3.77. The molecule has 0 amide bonds. The zero-order chi connectivity index (χ0) is 7.98. The van der Waals surface area contributed by atoms with E-state index in [1.165, 1.54) is 12.8 Å². The molecule has 0 aromatic carbocycles. The number of hydrogen-bond acceptors (Lipinski definition) is 1. The first-order valence-corrected chi connectivity index (χ1v) is 4.02. The summed E-state index contributed by atoms with van der Waals surface area (Å²) in [7, 11) is 0. The van der Waals surface area contributed by atoms with E-state index in [0.29, 0.717) is 0 Å². The van der Waals surface area contributed by atoms with E-state index in [2.05, 4.69) is 12.7 Å². The Balaban J connectivity index is 3.21. The van der Waals surface area contributed by atoms with Crippen molar-refractivity contribution in [2.45, 2.75) is 45.6 Å². The molecule has 1 unspecified atom stereocenters. The standard InChI is InChI=1S/C8H17NO/c1-3-4-5-6-8(9)7(2)10/h8H,3-6,9H2,1-2H3/p+1. The van der Waals surface area contributed by atoms with Crippen LogP contribution in [0.4, 0.5) is 0 Å².